The monoisotopic (exact) mass is 429 g/mol. The Morgan fingerprint density at radius 3 is 2.47 bits per heavy atom. The number of carbonyl (C=O) groups excluding carboxylic acids is 1. The molecule has 6 nitrogen and oxygen atoms in total. The van der Waals surface area contributed by atoms with Gasteiger partial charge < -0.3 is 15.1 Å². The number of piperidine rings is 1. The molecule has 0 radical (unpaired) electrons. The first-order valence-electron chi connectivity index (χ1n) is 12.1. The number of carbonyl (C=O) groups is 1. The second-order valence-electron chi connectivity index (χ2n) is 9.49. The number of piperazine rings is 1. The Hall–Kier alpha value is -2.86. The number of rotatable bonds is 4. The van der Waals surface area contributed by atoms with E-state index in [1.807, 2.05) is 10.7 Å². The first kappa shape index (κ1) is 19.8. The Balaban J connectivity index is 1.21. The molecule has 0 bridgehead atoms. The molecule has 2 saturated heterocycles. The Labute approximate surface area is 189 Å². The maximum absolute atomic E-state index is 12.4. The van der Waals surface area contributed by atoms with Crippen molar-refractivity contribution < 1.29 is 4.79 Å². The number of nitrogens with one attached hydrogen (secondary N) is 1. The lowest BCUT2D eigenvalue weighted by atomic mass is 9.96. The number of benzene rings is 1. The van der Waals surface area contributed by atoms with Crippen LogP contribution in [0.15, 0.2) is 48.8 Å². The molecule has 1 aliphatic carbocycles. The predicted octanol–water partition coefficient (Wildman–Crippen LogP) is 3.87. The summed E-state index contributed by atoms with van der Waals surface area (Å²) in [5.41, 5.74) is 6.13. The van der Waals surface area contributed by atoms with Crippen molar-refractivity contribution in [2.75, 3.05) is 37.6 Å². The van der Waals surface area contributed by atoms with Crippen LogP contribution in [0.3, 0.4) is 0 Å². The zero-order chi connectivity index (χ0) is 21.5. The molecule has 3 aromatic rings. The summed E-state index contributed by atoms with van der Waals surface area (Å²) in [6.45, 7) is 4.50. The Kier molecular flexibility index (Phi) is 5.10. The molecule has 1 amide bonds. The average Bonchev–Trinajstić information content (AvgIpc) is 3.62. The van der Waals surface area contributed by atoms with Gasteiger partial charge in [0.25, 0.3) is 0 Å². The molecule has 32 heavy (non-hydrogen) atoms. The lowest BCUT2D eigenvalue weighted by Crippen LogP contribution is -2.49. The van der Waals surface area contributed by atoms with Crippen LogP contribution in [0, 0.1) is 5.92 Å². The number of hydrogen-bond donors (Lipinski definition) is 1. The van der Waals surface area contributed by atoms with Crippen LogP contribution in [0.1, 0.15) is 43.7 Å². The zero-order valence-electron chi connectivity index (χ0n) is 18.5. The van der Waals surface area contributed by atoms with Gasteiger partial charge in [0.15, 0.2) is 0 Å². The third-order valence-corrected chi connectivity index (χ3v) is 7.30. The molecule has 6 heteroatoms. The van der Waals surface area contributed by atoms with E-state index >= 15 is 0 Å². The molecule has 6 rings (SSSR count). The fourth-order valence-electron chi connectivity index (χ4n) is 5.23. The molecule has 2 aliphatic heterocycles. The topological polar surface area (TPSA) is 52.9 Å². The largest absolute Gasteiger partial charge is 0.366 e. The van der Waals surface area contributed by atoms with Gasteiger partial charge in [-0.05, 0) is 55.5 Å². The fraction of sp³-hybridized carbons (Fsp3) is 0.462. The lowest BCUT2D eigenvalue weighted by Gasteiger charge is -2.36. The standard InChI is InChI=1S/C26H31N5O/c32-26(21-8-9-21)30-15-13-29(14-16-30)24-10-12-28-31-18-22(17-25(24)31)19-4-6-20(7-5-19)23-3-1-2-11-27-23/h4-7,10,12,17-18,21,23,27H,1-3,8-9,11,13-16H2. The molecular weight excluding hydrogens is 398 g/mol. The minimum absolute atomic E-state index is 0.308. The van der Waals surface area contributed by atoms with Gasteiger partial charge in [-0.25, -0.2) is 4.52 Å². The summed E-state index contributed by atoms with van der Waals surface area (Å²) in [5.74, 6) is 0.670. The molecule has 1 saturated carbocycles. The van der Waals surface area contributed by atoms with Crippen molar-refractivity contribution in [3.05, 3.63) is 54.4 Å². The van der Waals surface area contributed by atoms with E-state index in [1.54, 1.807) is 0 Å². The van der Waals surface area contributed by atoms with Crippen LogP contribution in [-0.4, -0.2) is 53.1 Å². The van der Waals surface area contributed by atoms with Crippen LogP contribution < -0.4 is 10.2 Å². The SMILES string of the molecule is O=C(C1CC1)N1CCN(c2ccnn3cc(-c4ccc(C5CCCCN5)cc4)cc23)CC1. The number of aromatic nitrogens is 2. The first-order valence-corrected chi connectivity index (χ1v) is 12.1. The summed E-state index contributed by atoms with van der Waals surface area (Å²) < 4.78 is 1.99. The zero-order valence-corrected chi connectivity index (χ0v) is 18.5. The van der Waals surface area contributed by atoms with Crippen molar-refractivity contribution in [2.45, 2.75) is 38.1 Å². The number of hydrogen-bond acceptors (Lipinski definition) is 4. The van der Waals surface area contributed by atoms with Gasteiger partial charge >= 0.3 is 0 Å². The average molecular weight is 430 g/mol. The third kappa shape index (κ3) is 3.77. The highest BCUT2D eigenvalue weighted by molar-refractivity contribution is 5.82. The number of fused-ring (bicyclic) bond motifs is 1. The molecule has 3 aliphatic rings. The van der Waals surface area contributed by atoms with Crippen molar-refractivity contribution in [1.82, 2.24) is 19.8 Å². The predicted molar refractivity (Wildman–Crippen MR) is 127 cm³/mol. The molecule has 4 heterocycles. The van der Waals surface area contributed by atoms with Crippen LogP contribution in [0.2, 0.25) is 0 Å². The highest BCUT2D eigenvalue weighted by atomic mass is 16.2. The van der Waals surface area contributed by atoms with E-state index < -0.39 is 0 Å². The second-order valence-corrected chi connectivity index (χ2v) is 9.49. The van der Waals surface area contributed by atoms with Gasteiger partial charge in [0.1, 0.15) is 0 Å². The lowest BCUT2D eigenvalue weighted by molar-refractivity contribution is -0.132. The van der Waals surface area contributed by atoms with E-state index in [0.29, 0.717) is 17.9 Å². The van der Waals surface area contributed by atoms with E-state index in [0.717, 1.165) is 51.1 Å². The molecule has 1 atom stereocenters. The summed E-state index contributed by atoms with van der Waals surface area (Å²) in [6, 6.07) is 13.9. The molecular formula is C26H31N5O. The first-order chi connectivity index (χ1) is 15.8. The number of amides is 1. The highest BCUT2D eigenvalue weighted by Gasteiger charge is 2.34. The van der Waals surface area contributed by atoms with Crippen LogP contribution in [0.5, 0.6) is 0 Å². The number of nitrogens with zero attached hydrogens (tertiary/aromatic N) is 4. The van der Waals surface area contributed by atoms with Crippen LogP contribution in [-0.2, 0) is 4.79 Å². The normalized spacial score (nSPS) is 21.8. The van der Waals surface area contributed by atoms with Gasteiger partial charge in [-0.1, -0.05) is 30.7 Å². The van der Waals surface area contributed by atoms with Gasteiger partial charge in [0, 0.05) is 56.1 Å². The van der Waals surface area contributed by atoms with E-state index in [1.165, 1.54) is 41.6 Å². The Morgan fingerprint density at radius 1 is 0.938 bits per heavy atom. The highest BCUT2D eigenvalue weighted by Crippen LogP contribution is 2.33. The van der Waals surface area contributed by atoms with Crippen LogP contribution >= 0.6 is 0 Å². The third-order valence-electron chi connectivity index (χ3n) is 7.30. The van der Waals surface area contributed by atoms with Crippen molar-refractivity contribution in [3.63, 3.8) is 0 Å². The van der Waals surface area contributed by atoms with Crippen LogP contribution in [0.25, 0.3) is 16.6 Å². The van der Waals surface area contributed by atoms with Crippen molar-refractivity contribution >= 4 is 17.1 Å². The van der Waals surface area contributed by atoms with E-state index in [2.05, 4.69) is 62.8 Å². The van der Waals surface area contributed by atoms with Gasteiger partial charge in [-0.15, -0.1) is 0 Å². The van der Waals surface area contributed by atoms with Gasteiger partial charge in [-0.2, -0.15) is 5.10 Å². The van der Waals surface area contributed by atoms with Crippen molar-refractivity contribution in [3.8, 4) is 11.1 Å². The minimum atomic E-state index is 0.308. The maximum Gasteiger partial charge on any atom is 0.225 e. The van der Waals surface area contributed by atoms with Gasteiger partial charge in [-0.3, -0.25) is 4.79 Å². The Morgan fingerprint density at radius 2 is 1.75 bits per heavy atom. The van der Waals surface area contributed by atoms with E-state index in [-0.39, 0.29) is 0 Å². The maximum atomic E-state index is 12.4. The summed E-state index contributed by atoms with van der Waals surface area (Å²) in [6.07, 6.45) is 9.98. The van der Waals surface area contributed by atoms with E-state index in [9.17, 15) is 4.79 Å². The molecule has 1 unspecified atom stereocenters. The fourth-order valence-corrected chi connectivity index (χ4v) is 5.23. The number of anilines is 1. The summed E-state index contributed by atoms with van der Waals surface area (Å²) in [7, 11) is 0. The Bertz CT molecular complexity index is 1100. The summed E-state index contributed by atoms with van der Waals surface area (Å²) >= 11 is 0. The van der Waals surface area contributed by atoms with Crippen molar-refractivity contribution in [2.24, 2.45) is 5.92 Å². The second kappa shape index (κ2) is 8.24. The quantitative estimate of drug-likeness (QED) is 0.684. The molecule has 1 N–H and O–H groups in total. The minimum Gasteiger partial charge on any atom is -0.366 e. The van der Waals surface area contributed by atoms with Crippen LogP contribution in [0.4, 0.5) is 5.69 Å². The van der Waals surface area contributed by atoms with Gasteiger partial charge in [0.05, 0.1) is 11.2 Å². The molecule has 3 fully saturated rings. The molecule has 1 aromatic carbocycles. The van der Waals surface area contributed by atoms with Crippen molar-refractivity contribution in [1.29, 1.82) is 0 Å². The molecule has 2 aromatic heterocycles. The van der Waals surface area contributed by atoms with E-state index in [4.69, 9.17) is 0 Å². The smallest absolute Gasteiger partial charge is 0.225 e. The molecule has 0 spiro atoms. The summed E-state index contributed by atoms with van der Waals surface area (Å²) in [5, 5.41) is 8.20. The molecule has 166 valence electrons. The summed E-state index contributed by atoms with van der Waals surface area (Å²) in [4.78, 5) is 16.8. The van der Waals surface area contributed by atoms with Gasteiger partial charge in [0.2, 0.25) is 5.91 Å².